The van der Waals surface area contributed by atoms with E-state index < -0.39 is 11.7 Å². The van der Waals surface area contributed by atoms with Gasteiger partial charge in [-0.2, -0.15) is 5.01 Å². The van der Waals surface area contributed by atoms with Crippen LogP contribution in [0.15, 0.2) is 60.7 Å². The molecule has 5 nitrogen and oxygen atoms in total. The molecular formula is C24H35N2O3+. The first-order chi connectivity index (χ1) is 13.7. The molecule has 5 heteroatoms. The van der Waals surface area contributed by atoms with Gasteiger partial charge in [0, 0.05) is 12.0 Å². The van der Waals surface area contributed by atoms with Gasteiger partial charge < -0.3 is 9.84 Å². The minimum Gasteiger partial charge on any atom is -0.441 e. The molecule has 0 aliphatic rings. The van der Waals surface area contributed by atoms with E-state index >= 15 is 0 Å². The van der Waals surface area contributed by atoms with Crippen molar-refractivity contribution >= 4 is 6.09 Å². The van der Waals surface area contributed by atoms with Gasteiger partial charge in [0.25, 0.3) is 0 Å². The molecule has 2 aromatic carbocycles. The van der Waals surface area contributed by atoms with Gasteiger partial charge >= 0.3 is 6.09 Å². The summed E-state index contributed by atoms with van der Waals surface area (Å²) in [5.41, 5.74) is 1.83. The van der Waals surface area contributed by atoms with E-state index in [4.69, 9.17) is 4.74 Å². The fraction of sp³-hybridized carbons (Fsp3) is 0.458. The van der Waals surface area contributed by atoms with Crippen LogP contribution in [0.4, 0.5) is 4.79 Å². The first-order valence-electron chi connectivity index (χ1n) is 10.3. The Labute approximate surface area is 175 Å². The standard InChI is InChI=1S/C24H35N2O3/c1-24(2,3)29-23(28)25(17-19-27)26(4,20-22-14-9-6-10-15-22)18-11-16-21-12-7-5-8-13-21/h5-10,12-15,27H,11,16-20H2,1-4H3/q+1/t26-/m1/s1. The van der Waals surface area contributed by atoms with E-state index in [1.165, 1.54) is 5.56 Å². The summed E-state index contributed by atoms with van der Waals surface area (Å²) in [6, 6.07) is 20.5. The van der Waals surface area contributed by atoms with E-state index in [9.17, 15) is 9.90 Å². The summed E-state index contributed by atoms with van der Waals surface area (Å²) in [5, 5.41) is 11.3. The van der Waals surface area contributed by atoms with E-state index in [0.717, 1.165) is 24.9 Å². The number of rotatable bonds is 9. The molecule has 0 aromatic heterocycles. The maximum absolute atomic E-state index is 13.0. The summed E-state index contributed by atoms with van der Waals surface area (Å²) in [6.45, 7) is 7.10. The molecule has 0 aliphatic carbocycles. The molecule has 0 spiro atoms. The summed E-state index contributed by atoms with van der Waals surface area (Å²) in [7, 11) is 2.04. The third-order valence-electron chi connectivity index (χ3n) is 4.81. The van der Waals surface area contributed by atoms with Gasteiger partial charge in [0.15, 0.2) is 0 Å². The number of carbonyl (C=O) groups excluding carboxylic acids is 1. The molecule has 0 bridgehead atoms. The number of hydrogen-bond donors (Lipinski definition) is 1. The van der Waals surface area contributed by atoms with Gasteiger partial charge in [0.05, 0.1) is 20.2 Å². The highest BCUT2D eigenvalue weighted by molar-refractivity contribution is 5.66. The molecule has 0 saturated carbocycles. The molecule has 1 atom stereocenters. The third-order valence-corrected chi connectivity index (χ3v) is 4.81. The van der Waals surface area contributed by atoms with Crippen molar-refractivity contribution in [3.63, 3.8) is 0 Å². The molecule has 0 radical (unpaired) electrons. The smallest absolute Gasteiger partial charge is 0.441 e. The van der Waals surface area contributed by atoms with Crippen molar-refractivity contribution in [2.45, 2.75) is 45.8 Å². The van der Waals surface area contributed by atoms with Gasteiger partial charge in [-0.3, -0.25) is 0 Å². The molecule has 0 saturated heterocycles. The predicted molar refractivity (Wildman–Crippen MR) is 116 cm³/mol. The quantitative estimate of drug-likeness (QED) is 0.502. The van der Waals surface area contributed by atoms with Crippen molar-refractivity contribution in [2.24, 2.45) is 0 Å². The van der Waals surface area contributed by atoms with Crippen molar-refractivity contribution in [1.82, 2.24) is 5.01 Å². The van der Waals surface area contributed by atoms with E-state index in [-0.39, 0.29) is 13.2 Å². The fourth-order valence-electron chi connectivity index (χ4n) is 3.47. The van der Waals surface area contributed by atoms with Crippen LogP contribution in [0.2, 0.25) is 0 Å². The average molecular weight is 400 g/mol. The molecule has 0 aliphatic heterocycles. The number of ether oxygens (including phenoxy) is 1. The first-order valence-corrected chi connectivity index (χ1v) is 10.3. The average Bonchev–Trinajstić information content (AvgIpc) is 2.66. The number of aliphatic hydroxyl groups is 1. The number of hydrogen-bond acceptors (Lipinski definition) is 3. The minimum atomic E-state index is -0.591. The number of aryl methyl sites for hydroxylation is 1. The van der Waals surface area contributed by atoms with Gasteiger partial charge in [0.2, 0.25) is 0 Å². The molecule has 1 N–H and O–H groups in total. The summed E-state index contributed by atoms with van der Waals surface area (Å²) in [4.78, 5) is 13.0. The molecular weight excluding hydrogens is 364 g/mol. The maximum Gasteiger partial charge on any atom is 0.455 e. The Balaban J connectivity index is 2.23. The van der Waals surface area contributed by atoms with Crippen LogP contribution >= 0.6 is 0 Å². The van der Waals surface area contributed by atoms with Gasteiger partial charge in [-0.15, -0.1) is 0 Å². The van der Waals surface area contributed by atoms with Gasteiger partial charge in [-0.1, -0.05) is 60.7 Å². The zero-order valence-electron chi connectivity index (χ0n) is 18.2. The van der Waals surface area contributed by atoms with E-state index in [0.29, 0.717) is 11.1 Å². The van der Waals surface area contributed by atoms with Crippen molar-refractivity contribution in [1.29, 1.82) is 0 Å². The van der Waals surface area contributed by atoms with Gasteiger partial charge in [-0.05, 0) is 32.8 Å². The topological polar surface area (TPSA) is 49.8 Å². The van der Waals surface area contributed by atoms with Crippen molar-refractivity contribution in [3.8, 4) is 0 Å². The van der Waals surface area contributed by atoms with Crippen molar-refractivity contribution in [2.75, 3.05) is 26.7 Å². The fourth-order valence-corrected chi connectivity index (χ4v) is 3.47. The number of aliphatic hydroxyl groups excluding tert-OH is 1. The van der Waals surface area contributed by atoms with Crippen LogP contribution in [0, 0.1) is 0 Å². The highest BCUT2D eigenvalue weighted by atomic mass is 16.6. The Morgan fingerprint density at radius 1 is 1.00 bits per heavy atom. The molecule has 2 rings (SSSR count). The number of quaternary nitrogens is 1. The largest absolute Gasteiger partial charge is 0.455 e. The molecule has 0 heterocycles. The zero-order valence-corrected chi connectivity index (χ0v) is 18.2. The van der Waals surface area contributed by atoms with Gasteiger partial charge in [-0.25, -0.2) is 9.39 Å². The van der Waals surface area contributed by atoms with Crippen LogP contribution < -0.4 is 0 Å². The first kappa shape index (κ1) is 22.9. The highest BCUT2D eigenvalue weighted by Crippen LogP contribution is 2.21. The molecule has 29 heavy (non-hydrogen) atoms. The van der Waals surface area contributed by atoms with E-state index in [1.807, 2.05) is 64.2 Å². The van der Waals surface area contributed by atoms with Crippen LogP contribution in [0.25, 0.3) is 0 Å². The van der Waals surface area contributed by atoms with Gasteiger partial charge in [0.1, 0.15) is 18.7 Å². The monoisotopic (exact) mass is 399 g/mol. The normalized spacial score (nSPS) is 13.6. The second-order valence-corrected chi connectivity index (χ2v) is 8.62. The van der Waals surface area contributed by atoms with Crippen LogP contribution in [-0.2, 0) is 17.7 Å². The molecule has 2 aromatic rings. The number of benzene rings is 2. The Hall–Kier alpha value is -2.37. The van der Waals surface area contributed by atoms with E-state index in [2.05, 4.69) is 24.3 Å². The summed E-state index contributed by atoms with van der Waals surface area (Å²) in [5.74, 6) is 0. The summed E-state index contributed by atoms with van der Waals surface area (Å²) >= 11 is 0. The van der Waals surface area contributed by atoms with Crippen LogP contribution in [0.5, 0.6) is 0 Å². The lowest BCUT2D eigenvalue weighted by Gasteiger charge is -2.42. The Morgan fingerprint density at radius 3 is 2.07 bits per heavy atom. The lowest BCUT2D eigenvalue weighted by atomic mass is 10.1. The predicted octanol–water partition coefficient (Wildman–Crippen LogP) is 4.41. The maximum atomic E-state index is 13.0. The Morgan fingerprint density at radius 2 is 1.55 bits per heavy atom. The highest BCUT2D eigenvalue weighted by Gasteiger charge is 2.37. The molecule has 0 unspecified atom stereocenters. The van der Waals surface area contributed by atoms with Crippen molar-refractivity contribution in [3.05, 3.63) is 71.8 Å². The van der Waals surface area contributed by atoms with E-state index in [1.54, 1.807) is 5.01 Å². The molecule has 158 valence electrons. The van der Waals surface area contributed by atoms with Crippen LogP contribution in [0.1, 0.15) is 38.3 Å². The lowest BCUT2D eigenvalue weighted by Crippen LogP contribution is -2.61. The Bertz CT molecular complexity index is 744. The van der Waals surface area contributed by atoms with Crippen molar-refractivity contribution < 1.29 is 19.2 Å². The van der Waals surface area contributed by atoms with Crippen LogP contribution in [-0.4, -0.2) is 53.1 Å². The third kappa shape index (κ3) is 7.52. The lowest BCUT2D eigenvalue weighted by molar-refractivity contribution is -1.02. The molecule has 1 amide bonds. The van der Waals surface area contributed by atoms with Crippen LogP contribution in [0.3, 0.4) is 0 Å². The second kappa shape index (κ2) is 10.4. The Kier molecular flexibility index (Phi) is 8.23. The number of carbonyl (C=O) groups is 1. The molecule has 0 fully saturated rings. The number of amides is 1. The minimum absolute atomic E-state index is 0.111. The second-order valence-electron chi connectivity index (χ2n) is 8.62. The number of nitrogens with zero attached hydrogens (tertiary/aromatic N) is 2. The SMILES string of the molecule is CC(C)(C)OC(=O)N(CCO)[N@+](C)(CCCc1ccccc1)Cc1ccccc1. The summed E-state index contributed by atoms with van der Waals surface area (Å²) in [6.07, 6.45) is 1.45. The zero-order chi connectivity index (χ0) is 21.3. The summed E-state index contributed by atoms with van der Waals surface area (Å²) < 4.78 is 6.01.